The summed E-state index contributed by atoms with van der Waals surface area (Å²) in [7, 11) is 0. The van der Waals surface area contributed by atoms with Gasteiger partial charge in [-0.05, 0) is 42.9 Å². The number of pyridine rings is 1. The largest absolute Gasteiger partial charge is 0.345 e. The predicted octanol–water partition coefficient (Wildman–Crippen LogP) is 4.08. The van der Waals surface area contributed by atoms with Crippen LogP contribution in [-0.2, 0) is 12.8 Å². The number of nitrogens with one attached hydrogen (secondary N) is 1. The molecule has 0 aliphatic heterocycles. The minimum absolute atomic E-state index is 0.571. The average Bonchev–Trinajstić information content (AvgIpc) is 2.88. The van der Waals surface area contributed by atoms with Gasteiger partial charge in [0.2, 0.25) is 0 Å². The summed E-state index contributed by atoms with van der Waals surface area (Å²) in [4.78, 5) is 3.28. The highest BCUT2D eigenvalue weighted by atomic mass is 32.1. The van der Waals surface area contributed by atoms with E-state index in [0.29, 0.717) is 10.2 Å². The van der Waals surface area contributed by atoms with E-state index in [1.165, 1.54) is 16.7 Å². The molecule has 3 heteroatoms. The number of hydrogen-bond acceptors (Lipinski definition) is 2. The van der Waals surface area contributed by atoms with Gasteiger partial charge >= 0.3 is 0 Å². The van der Waals surface area contributed by atoms with E-state index in [9.17, 15) is 5.26 Å². The van der Waals surface area contributed by atoms with Crippen LogP contribution in [0.15, 0.2) is 24.3 Å². The predicted molar refractivity (Wildman–Crippen MR) is 78.5 cm³/mol. The lowest BCUT2D eigenvalue weighted by molar-refractivity contribution is 0.910. The van der Waals surface area contributed by atoms with Gasteiger partial charge in [-0.1, -0.05) is 36.5 Å². The van der Waals surface area contributed by atoms with Crippen molar-refractivity contribution in [2.75, 3.05) is 0 Å². The third-order valence-corrected chi connectivity index (χ3v) is 4.12. The summed E-state index contributed by atoms with van der Waals surface area (Å²) in [5.41, 5.74) is 6.63. The smallest absolute Gasteiger partial charge is 0.121 e. The number of nitrogens with zero attached hydrogens (tertiary/aromatic N) is 1. The van der Waals surface area contributed by atoms with Crippen LogP contribution in [0.25, 0.3) is 11.3 Å². The number of aryl methyl sites for hydroxylation is 1. The van der Waals surface area contributed by atoms with E-state index in [2.05, 4.69) is 30.1 Å². The van der Waals surface area contributed by atoms with Gasteiger partial charge in [-0.25, -0.2) is 0 Å². The lowest BCUT2D eigenvalue weighted by Gasteiger charge is -2.12. The summed E-state index contributed by atoms with van der Waals surface area (Å²) < 4.78 is 0.571. The Morgan fingerprint density at radius 3 is 2.68 bits per heavy atom. The Morgan fingerprint density at radius 2 is 1.95 bits per heavy atom. The standard InChI is InChI=1S/C16H14N2S/c1-10-5-2-3-6-11(10)15-13-8-4-7-12(13)14(9-17)16(19)18-15/h2-3,5-6H,4,7-8H2,1H3,(H,18,19). The lowest BCUT2D eigenvalue weighted by Crippen LogP contribution is -1.99. The highest BCUT2D eigenvalue weighted by molar-refractivity contribution is 7.71. The lowest BCUT2D eigenvalue weighted by atomic mass is 9.97. The molecule has 94 valence electrons. The van der Waals surface area contributed by atoms with Crippen molar-refractivity contribution in [2.45, 2.75) is 26.2 Å². The maximum absolute atomic E-state index is 9.26. The van der Waals surface area contributed by atoms with E-state index in [4.69, 9.17) is 12.2 Å². The number of H-pyrrole nitrogens is 1. The monoisotopic (exact) mass is 266 g/mol. The Balaban J connectivity index is 2.34. The van der Waals surface area contributed by atoms with Crippen LogP contribution in [-0.4, -0.2) is 4.98 Å². The van der Waals surface area contributed by atoms with E-state index in [1.807, 2.05) is 12.1 Å². The summed E-state index contributed by atoms with van der Waals surface area (Å²) >= 11 is 5.35. The first kappa shape index (κ1) is 12.1. The number of fused-ring (bicyclic) bond motifs is 1. The number of aromatic amines is 1. The van der Waals surface area contributed by atoms with Crippen molar-refractivity contribution in [3.05, 3.63) is 51.2 Å². The van der Waals surface area contributed by atoms with E-state index in [1.54, 1.807) is 0 Å². The van der Waals surface area contributed by atoms with Crippen molar-refractivity contribution >= 4 is 12.2 Å². The van der Waals surface area contributed by atoms with E-state index in [0.717, 1.165) is 30.5 Å². The van der Waals surface area contributed by atoms with E-state index in [-0.39, 0.29) is 0 Å². The van der Waals surface area contributed by atoms with Crippen LogP contribution in [0.2, 0.25) is 0 Å². The molecule has 3 rings (SSSR count). The molecule has 1 aromatic heterocycles. The van der Waals surface area contributed by atoms with Gasteiger partial charge in [0.1, 0.15) is 10.7 Å². The highest BCUT2D eigenvalue weighted by Gasteiger charge is 2.21. The Kier molecular flexibility index (Phi) is 2.96. The normalized spacial score (nSPS) is 13.1. The Bertz CT molecular complexity index is 750. The Morgan fingerprint density at radius 1 is 1.21 bits per heavy atom. The third-order valence-electron chi connectivity index (χ3n) is 3.81. The summed E-state index contributed by atoms with van der Waals surface area (Å²) in [6.45, 7) is 2.10. The SMILES string of the molecule is Cc1ccccc1-c1[nH]c(=S)c(C#N)c2c1CCC2. The third kappa shape index (κ3) is 1.89. The molecule has 0 fully saturated rings. The molecule has 0 radical (unpaired) electrons. The first-order chi connectivity index (χ1) is 9.22. The Labute approximate surface area is 117 Å². The molecule has 1 aromatic carbocycles. The van der Waals surface area contributed by atoms with Gasteiger partial charge in [0, 0.05) is 5.56 Å². The van der Waals surface area contributed by atoms with Crippen molar-refractivity contribution in [1.29, 1.82) is 5.26 Å². The van der Waals surface area contributed by atoms with Gasteiger partial charge in [-0.2, -0.15) is 5.26 Å². The summed E-state index contributed by atoms with van der Waals surface area (Å²) in [6, 6.07) is 10.5. The van der Waals surface area contributed by atoms with Crippen molar-refractivity contribution < 1.29 is 0 Å². The number of aromatic nitrogens is 1. The van der Waals surface area contributed by atoms with Crippen LogP contribution in [0.3, 0.4) is 0 Å². The van der Waals surface area contributed by atoms with Gasteiger partial charge in [0.05, 0.1) is 11.3 Å². The zero-order valence-corrected chi connectivity index (χ0v) is 11.6. The molecule has 2 nitrogen and oxygen atoms in total. The minimum Gasteiger partial charge on any atom is -0.345 e. The average molecular weight is 266 g/mol. The van der Waals surface area contributed by atoms with Crippen LogP contribution in [0.4, 0.5) is 0 Å². The number of hydrogen-bond donors (Lipinski definition) is 1. The van der Waals surface area contributed by atoms with Crippen molar-refractivity contribution in [1.82, 2.24) is 4.98 Å². The second kappa shape index (κ2) is 4.64. The zero-order chi connectivity index (χ0) is 13.4. The second-order valence-corrected chi connectivity index (χ2v) is 5.35. The second-order valence-electron chi connectivity index (χ2n) is 4.94. The van der Waals surface area contributed by atoms with Gasteiger partial charge in [0.25, 0.3) is 0 Å². The molecular formula is C16H14N2S. The molecule has 0 saturated heterocycles. The van der Waals surface area contributed by atoms with Gasteiger partial charge in [-0.3, -0.25) is 0 Å². The van der Waals surface area contributed by atoms with Gasteiger partial charge in [0.15, 0.2) is 0 Å². The fraction of sp³-hybridized carbons (Fsp3) is 0.250. The van der Waals surface area contributed by atoms with Crippen LogP contribution in [0, 0.1) is 22.9 Å². The minimum atomic E-state index is 0.571. The number of benzene rings is 1. The zero-order valence-electron chi connectivity index (χ0n) is 10.8. The molecule has 0 spiro atoms. The first-order valence-electron chi connectivity index (χ1n) is 6.46. The van der Waals surface area contributed by atoms with E-state index >= 15 is 0 Å². The molecule has 1 N–H and O–H groups in total. The maximum Gasteiger partial charge on any atom is 0.121 e. The number of rotatable bonds is 1. The molecule has 0 saturated carbocycles. The number of nitriles is 1. The first-order valence-corrected chi connectivity index (χ1v) is 6.87. The quantitative estimate of drug-likeness (QED) is 0.790. The maximum atomic E-state index is 9.26. The van der Waals surface area contributed by atoms with Crippen molar-refractivity contribution in [3.8, 4) is 17.3 Å². The van der Waals surface area contributed by atoms with Crippen LogP contribution in [0.5, 0.6) is 0 Å². The van der Waals surface area contributed by atoms with Gasteiger partial charge < -0.3 is 4.98 Å². The van der Waals surface area contributed by atoms with Crippen LogP contribution in [0.1, 0.15) is 28.7 Å². The van der Waals surface area contributed by atoms with E-state index < -0.39 is 0 Å². The molecule has 0 unspecified atom stereocenters. The highest BCUT2D eigenvalue weighted by Crippen LogP contribution is 2.34. The van der Waals surface area contributed by atoms with Gasteiger partial charge in [-0.15, -0.1) is 0 Å². The molecule has 0 atom stereocenters. The van der Waals surface area contributed by atoms with Crippen LogP contribution >= 0.6 is 12.2 Å². The fourth-order valence-corrected chi connectivity index (χ4v) is 3.16. The molecule has 1 aliphatic rings. The fourth-order valence-electron chi connectivity index (χ4n) is 2.89. The van der Waals surface area contributed by atoms with Crippen LogP contribution < -0.4 is 0 Å². The van der Waals surface area contributed by atoms with Crippen molar-refractivity contribution in [2.24, 2.45) is 0 Å². The molecule has 0 bridgehead atoms. The molecule has 19 heavy (non-hydrogen) atoms. The van der Waals surface area contributed by atoms with Crippen molar-refractivity contribution in [3.63, 3.8) is 0 Å². The molecule has 1 heterocycles. The topological polar surface area (TPSA) is 39.6 Å². The molecule has 2 aromatic rings. The molecule has 0 amide bonds. The molecular weight excluding hydrogens is 252 g/mol. The summed E-state index contributed by atoms with van der Waals surface area (Å²) in [5.74, 6) is 0. The molecule has 1 aliphatic carbocycles. The Hall–Kier alpha value is -1.92. The summed E-state index contributed by atoms with van der Waals surface area (Å²) in [6.07, 6.45) is 3.10. The summed E-state index contributed by atoms with van der Waals surface area (Å²) in [5, 5.41) is 9.26.